The van der Waals surface area contributed by atoms with E-state index in [1.807, 2.05) is 13.0 Å². The normalized spacial score (nSPS) is 11.5. The van der Waals surface area contributed by atoms with E-state index in [9.17, 15) is 8.78 Å². The maximum Gasteiger partial charge on any atom is 0.265 e. The Labute approximate surface area is 89.1 Å². The van der Waals surface area contributed by atoms with E-state index in [2.05, 4.69) is 0 Å². The van der Waals surface area contributed by atoms with Crippen LogP contribution in [0.5, 0.6) is 0 Å². The van der Waals surface area contributed by atoms with Crippen molar-refractivity contribution >= 4 is 33.0 Å². The summed E-state index contributed by atoms with van der Waals surface area (Å²) in [6, 6.07) is 4.93. The van der Waals surface area contributed by atoms with Gasteiger partial charge in [-0.1, -0.05) is 17.7 Å². The first-order valence-corrected chi connectivity index (χ1v) is 5.25. The Bertz CT molecular complexity index is 476. The van der Waals surface area contributed by atoms with Crippen LogP contribution >= 0.6 is 22.9 Å². The molecule has 0 nitrogen and oxygen atoms in total. The molecule has 0 aliphatic heterocycles. The molecular formula is C10H7ClF2S. The first kappa shape index (κ1) is 9.87. The van der Waals surface area contributed by atoms with Crippen molar-refractivity contribution < 1.29 is 8.78 Å². The van der Waals surface area contributed by atoms with Gasteiger partial charge in [0.25, 0.3) is 6.43 Å². The van der Waals surface area contributed by atoms with Crippen LogP contribution in [0.2, 0.25) is 5.02 Å². The number of hydrogen-bond donors (Lipinski definition) is 0. The maximum absolute atomic E-state index is 12.5. The zero-order chi connectivity index (χ0) is 10.3. The van der Waals surface area contributed by atoms with Gasteiger partial charge in [0.1, 0.15) is 0 Å². The van der Waals surface area contributed by atoms with Crippen molar-refractivity contribution in [3.63, 3.8) is 0 Å². The molecule has 0 saturated heterocycles. The quantitative estimate of drug-likeness (QED) is 0.663. The van der Waals surface area contributed by atoms with Crippen LogP contribution in [-0.4, -0.2) is 0 Å². The molecule has 0 radical (unpaired) electrons. The van der Waals surface area contributed by atoms with E-state index in [4.69, 9.17) is 11.6 Å². The molecule has 0 spiro atoms. The second-order valence-electron chi connectivity index (χ2n) is 3.04. The Hall–Kier alpha value is -0.670. The summed E-state index contributed by atoms with van der Waals surface area (Å²) in [4.78, 5) is 1.08. The lowest BCUT2D eigenvalue weighted by Gasteiger charge is -2.02. The molecule has 1 aromatic carbocycles. The molecule has 0 atom stereocenters. The Balaban J connectivity index is 2.74. The number of hydrogen-bond acceptors (Lipinski definition) is 1. The SMILES string of the molecule is Cc1cc2c(Cl)c(C(F)F)ccc2s1. The summed E-state index contributed by atoms with van der Waals surface area (Å²) in [6.07, 6.45) is -2.51. The average Bonchev–Trinajstić information content (AvgIpc) is 2.46. The predicted octanol–water partition coefficient (Wildman–Crippen LogP) is 4.80. The third-order valence-electron chi connectivity index (χ3n) is 2.02. The fourth-order valence-corrected chi connectivity index (χ4v) is 2.68. The van der Waals surface area contributed by atoms with Gasteiger partial charge in [-0.05, 0) is 19.1 Å². The van der Waals surface area contributed by atoms with Crippen LogP contribution in [0.1, 0.15) is 16.9 Å². The first-order valence-electron chi connectivity index (χ1n) is 4.06. The summed E-state index contributed by atoms with van der Waals surface area (Å²) in [7, 11) is 0. The van der Waals surface area contributed by atoms with Crippen LogP contribution in [0.15, 0.2) is 18.2 Å². The Morgan fingerprint density at radius 3 is 2.71 bits per heavy atom. The average molecular weight is 233 g/mol. The van der Waals surface area contributed by atoms with E-state index >= 15 is 0 Å². The molecule has 0 aliphatic carbocycles. The molecule has 74 valence electrons. The van der Waals surface area contributed by atoms with Gasteiger partial charge in [-0.15, -0.1) is 11.3 Å². The molecule has 1 aromatic heterocycles. The van der Waals surface area contributed by atoms with Crippen molar-refractivity contribution in [3.05, 3.63) is 33.7 Å². The number of thiophene rings is 1. The molecule has 2 rings (SSSR count). The summed E-state index contributed by atoms with van der Waals surface area (Å²) in [5, 5.41) is 0.911. The Morgan fingerprint density at radius 1 is 1.36 bits per heavy atom. The van der Waals surface area contributed by atoms with E-state index in [1.54, 1.807) is 17.4 Å². The van der Waals surface area contributed by atoms with E-state index < -0.39 is 6.43 Å². The van der Waals surface area contributed by atoms with Crippen molar-refractivity contribution in [1.29, 1.82) is 0 Å². The van der Waals surface area contributed by atoms with Crippen molar-refractivity contribution in [2.45, 2.75) is 13.3 Å². The number of fused-ring (bicyclic) bond motifs is 1. The van der Waals surface area contributed by atoms with E-state index in [0.29, 0.717) is 0 Å². The predicted molar refractivity (Wildman–Crippen MR) is 56.5 cm³/mol. The summed E-state index contributed by atoms with van der Waals surface area (Å²) < 4.78 is 25.9. The van der Waals surface area contributed by atoms with E-state index in [-0.39, 0.29) is 10.6 Å². The smallest absolute Gasteiger partial charge is 0.205 e. The van der Waals surface area contributed by atoms with Gasteiger partial charge in [-0.25, -0.2) is 8.78 Å². The van der Waals surface area contributed by atoms with Crippen LogP contribution in [0.3, 0.4) is 0 Å². The number of aryl methyl sites for hydroxylation is 1. The monoisotopic (exact) mass is 232 g/mol. The summed E-state index contributed by atoms with van der Waals surface area (Å²) in [5.41, 5.74) is -0.0861. The minimum Gasteiger partial charge on any atom is -0.205 e. The standard InChI is InChI=1S/C10H7ClF2S/c1-5-4-7-8(14-5)3-2-6(9(7)11)10(12)13/h2-4,10H,1H3. The van der Waals surface area contributed by atoms with Crippen molar-refractivity contribution in [2.24, 2.45) is 0 Å². The van der Waals surface area contributed by atoms with Crippen molar-refractivity contribution in [3.8, 4) is 0 Å². The topological polar surface area (TPSA) is 0 Å². The highest BCUT2D eigenvalue weighted by molar-refractivity contribution is 7.19. The molecule has 2 aromatic rings. The minimum absolute atomic E-state index is 0.0861. The van der Waals surface area contributed by atoms with Crippen LogP contribution in [0.25, 0.3) is 10.1 Å². The van der Waals surface area contributed by atoms with Gasteiger partial charge in [0.15, 0.2) is 0 Å². The second-order valence-corrected chi connectivity index (χ2v) is 4.70. The number of benzene rings is 1. The molecule has 0 fully saturated rings. The lowest BCUT2D eigenvalue weighted by Crippen LogP contribution is -1.84. The fourth-order valence-electron chi connectivity index (χ4n) is 1.39. The first-order chi connectivity index (χ1) is 6.59. The maximum atomic E-state index is 12.5. The number of rotatable bonds is 1. The van der Waals surface area contributed by atoms with Crippen LogP contribution < -0.4 is 0 Å². The molecule has 0 amide bonds. The van der Waals surface area contributed by atoms with Gasteiger partial charge in [0, 0.05) is 20.5 Å². The Kier molecular flexibility index (Phi) is 2.45. The Morgan fingerprint density at radius 2 is 2.07 bits per heavy atom. The highest BCUT2D eigenvalue weighted by atomic mass is 35.5. The molecule has 0 N–H and O–H groups in total. The lowest BCUT2D eigenvalue weighted by atomic mass is 10.1. The summed E-state index contributed by atoms with van der Waals surface area (Å²) >= 11 is 7.43. The highest BCUT2D eigenvalue weighted by Crippen LogP contribution is 2.36. The van der Waals surface area contributed by atoms with E-state index in [0.717, 1.165) is 15.0 Å². The summed E-state index contributed by atoms with van der Waals surface area (Å²) in [6.45, 7) is 1.93. The molecule has 1 heterocycles. The molecule has 0 aliphatic rings. The van der Waals surface area contributed by atoms with Crippen molar-refractivity contribution in [1.82, 2.24) is 0 Å². The minimum atomic E-state index is -2.51. The van der Waals surface area contributed by atoms with Gasteiger partial charge < -0.3 is 0 Å². The third kappa shape index (κ3) is 1.51. The largest absolute Gasteiger partial charge is 0.265 e. The molecule has 0 bridgehead atoms. The zero-order valence-electron chi connectivity index (χ0n) is 7.35. The van der Waals surface area contributed by atoms with Gasteiger partial charge in [0.05, 0.1) is 5.02 Å². The molecule has 0 unspecified atom stereocenters. The van der Waals surface area contributed by atoms with Gasteiger partial charge in [0.2, 0.25) is 0 Å². The van der Waals surface area contributed by atoms with E-state index in [1.165, 1.54) is 6.07 Å². The number of alkyl halides is 2. The zero-order valence-corrected chi connectivity index (χ0v) is 8.92. The third-order valence-corrected chi connectivity index (χ3v) is 3.46. The fraction of sp³-hybridized carbons (Fsp3) is 0.200. The van der Waals surface area contributed by atoms with Crippen LogP contribution in [0, 0.1) is 6.92 Å². The van der Waals surface area contributed by atoms with Crippen molar-refractivity contribution in [2.75, 3.05) is 0 Å². The lowest BCUT2D eigenvalue weighted by molar-refractivity contribution is 0.151. The van der Waals surface area contributed by atoms with Gasteiger partial charge in [-0.2, -0.15) is 0 Å². The number of halogens is 3. The molecule has 4 heteroatoms. The van der Waals surface area contributed by atoms with Gasteiger partial charge in [-0.3, -0.25) is 0 Å². The molecule has 0 saturated carbocycles. The van der Waals surface area contributed by atoms with Crippen LogP contribution in [-0.2, 0) is 0 Å². The van der Waals surface area contributed by atoms with Gasteiger partial charge >= 0.3 is 0 Å². The molecule has 14 heavy (non-hydrogen) atoms. The molecular weight excluding hydrogens is 226 g/mol. The second kappa shape index (κ2) is 3.48. The van der Waals surface area contributed by atoms with Crippen LogP contribution in [0.4, 0.5) is 8.78 Å². The highest BCUT2D eigenvalue weighted by Gasteiger charge is 2.14. The summed E-state index contributed by atoms with van der Waals surface area (Å²) in [5.74, 6) is 0.